The number of carbonyl (C=O) groups excluding carboxylic acids is 2. The van der Waals surface area contributed by atoms with Crippen LogP contribution in [-0.2, 0) is 14.3 Å². The number of amides is 2. The molecule has 29 heavy (non-hydrogen) atoms. The summed E-state index contributed by atoms with van der Waals surface area (Å²) >= 11 is 5.95. The van der Waals surface area contributed by atoms with Crippen molar-refractivity contribution < 1.29 is 14.3 Å². The smallest absolute Gasteiger partial charge is 0.236 e. The quantitative estimate of drug-likeness (QED) is 0.692. The molecule has 160 valence electrons. The van der Waals surface area contributed by atoms with Gasteiger partial charge in [-0.3, -0.25) is 19.4 Å². The largest absolute Gasteiger partial charge is 0.379 e. The number of hydrogen-bond donors (Lipinski definition) is 0. The van der Waals surface area contributed by atoms with Crippen LogP contribution < -0.4 is 0 Å². The first-order chi connectivity index (χ1) is 13.9. The zero-order valence-corrected chi connectivity index (χ0v) is 18.1. The molecule has 2 aliphatic heterocycles. The van der Waals surface area contributed by atoms with Crippen LogP contribution in [0, 0.1) is 0 Å². The number of halogens is 1. The fourth-order valence-electron chi connectivity index (χ4n) is 3.69. The lowest BCUT2D eigenvalue weighted by Crippen LogP contribution is -2.53. The molecule has 2 aliphatic rings. The van der Waals surface area contributed by atoms with Crippen molar-refractivity contribution in [2.75, 3.05) is 72.6 Å². The molecule has 7 nitrogen and oxygen atoms in total. The predicted molar refractivity (Wildman–Crippen MR) is 113 cm³/mol. The van der Waals surface area contributed by atoms with E-state index < -0.39 is 0 Å². The van der Waals surface area contributed by atoms with E-state index in [0.29, 0.717) is 44.4 Å². The van der Waals surface area contributed by atoms with E-state index >= 15 is 0 Å². The van der Waals surface area contributed by atoms with Gasteiger partial charge in [0.15, 0.2) is 0 Å². The van der Waals surface area contributed by atoms with Crippen LogP contribution in [0.1, 0.15) is 18.5 Å². The van der Waals surface area contributed by atoms with Crippen LogP contribution in [-0.4, -0.2) is 104 Å². The standard InChI is InChI=1S/C21H31ClN4O3/c1-17(18-3-5-19(22)6-4-18)23(2)20(27)15-24-7-9-26(10-8-24)21(28)16-25-11-13-29-14-12-25/h3-6,17H,7-16H2,1-2H3. The zero-order valence-electron chi connectivity index (χ0n) is 17.3. The molecule has 0 spiro atoms. The van der Waals surface area contributed by atoms with Gasteiger partial charge in [-0.1, -0.05) is 23.7 Å². The number of rotatable bonds is 6. The van der Waals surface area contributed by atoms with E-state index in [-0.39, 0.29) is 17.9 Å². The van der Waals surface area contributed by atoms with E-state index in [1.165, 1.54) is 0 Å². The van der Waals surface area contributed by atoms with Gasteiger partial charge in [0.25, 0.3) is 0 Å². The van der Waals surface area contributed by atoms with Gasteiger partial charge in [0, 0.05) is 51.3 Å². The highest BCUT2D eigenvalue weighted by Crippen LogP contribution is 2.21. The first-order valence-corrected chi connectivity index (χ1v) is 10.6. The van der Waals surface area contributed by atoms with Crippen molar-refractivity contribution >= 4 is 23.4 Å². The Morgan fingerprint density at radius 1 is 1.00 bits per heavy atom. The lowest BCUT2D eigenvalue weighted by Gasteiger charge is -2.37. The average molecular weight is 423 g/mol. The molecule has 0 radical (unpaired) electrons. The van der Waals surface area contributed by atoms with E-state index in [9.17, 15) is 9.59 Å². The lowest BCUT2D eigenvalue weighted by molar-refractivity contribution is -0.136. The van der Waals surface area contributed by atoms with Crippen LogP contribution in [0.4, 0.5) is 0 Å². The number of nitrogens with zero attached hydrogens (tertiary/aromatic N) is 4. The maximum atomic E-state index is 12.7. The summed E-state index contributed by atoms with van der Waals surface area (Å²) in [4.78, 5) is 33.2. The fraction of sp³-hybridized carbons (Fsp3) is 0.619. The summed E-state index contributed by atoms with van der Waals surface area (Å²) in [5.74, 6) is 0.256. The fourth-order valence-corrected chi connectivity index (χ4v) is 3.82. The van der Waals surface area contributed by atoms with Crippen molar-refractivity contribution in [3.05, 3.63) is 34.9 Å². The molecular formula is C21H31ClN4O3. The number of likely N-dealkylation sites (N-methyl/N-ethyl adjacent to an activating group) is 1. The zero-order chi connectivity index (χ0) is 20.8. The molecule has 0 N–H and O–H groups in total. The van der Waals surface area contributed by atoms with Crippen molar-refractivity contribution in [1.82, 2.24) is 19.6 Å². The molecule has 2 saturated heterocycles. The van der Waals surface area contributed by atoms with E-state index in [1.807, 2.05) is 43.1 Å². The minimum Gasteiger partial charge on any atom is -0.379 e. The molecular weight excluding hydrogens is 392 g/mol. The van der Waals surface area contributed by atoms with Crippen LogP contribution >= 0.6 is 11.6 Å². The monoisotopic (exact) mass is 422 g/mol. The Morgan fingerprint density at radius 2 is 1.59 bits per heavy atom. The van der Waals surface area contributed by atoms with Gasteiger partial charge in [-0.25, -0.2) is 0 Å². The van der Waals surface area contributed by atoms with Crippen LogP contribution in [0.25, 0.3) is 0 Å². The van der Waals surface area contributed by atoms with Gasteiger partial charge >= 0.3 is 0 Å². The molecule has 1 aromatic carbocycles. The van der Waals surface area contributed by atoms with Gasteiger partial charge in [0.05, 0.1) is 32.3 Å². The molecule has 1 aromatic rings. The molecule has 0 aromatic heterocycles. The number of ether oxygens (including phenoxy) is 1. The highest BCUT2D eigenvalue weighted by molar-refractivity contribution is 6.30. The third-order valence-electron chi connectivity index (χ3n) is 5.87. The maximum absolute atomic E-state index is 12.7. The van der Waals surface area contributed by atoms with Gasteiger partial charge < -0.3 is 14.5 Å². The molecule has 2 heterocycles. The topological polar surface area (TPSA) is 56.3 Å². The maximum Gasteiger partial charge on any atom is 0.236 e. The summed E-state index contributed by atoms with van der Waals surface area (Å²) in [6, 6.07) is 7.58. The summed E-state index contributed by atoms with van der Waals surface area (Å²) < 4.78 is 5.33. The highest BCUT2D eigenvalue weighted by atomic mass is 35.5. The Labute approximate surface area is 178 Å². The van der Waals surface area contributed by atoms with Gasteiger partial charge in [-0.15, -0.1) is 0 Å². The minimum atomic E-state index is -0.0174. The van der Waals surface area contributed by atoms with Crippen molar-refractivity contribution in [3.63, 3.8) is 0 Å². The molecule has 3 rings (SSSR count). The third-order valence-corrected chi connectivity index (χ3v) is 6.13. The average Bonchev–Trinajstić information content (AvgIpc) is 2.74. The summed E-state index contributed by atoms with van der Waals surface area (Å²) in [7, 11) is 1.84. The first-order valence-electron chi connectivity index (χ1n) is 10.3. The minimum absolute atomic E-state index is 0.0174. The highest BCUT2D eigenvalue weighted by Gasteiger charge is 2.26. The Hall–Kier alpha value is -1.67. The van der Waals surface area contributed by atoms with Crippen molar-refractivity contribution in [3.8, 4) is 0 Å². The predicted octanol–water partition coefficient (Wildman–Crippen LogP) is 1.34. The SMILES string of the molecule is CC(c1ccc(Cl)cc1)N(C)C(=O)CN1CCN(C(=O)CN2CCOCC2)CC1. The first kappa shape index (κ1) is 22.0. The number of piperazine rings is 1. The second-order valence-electron chi connectivity index (χ2n) is 7.78. The molecule has 0 bridgehead atoms. The van der Waals surface area contributed by atoms with Gasteiger partial charge in [0.2, 0.25) is 11.8 Å². The lowest BCUT2D eigenvalue weighted by atomic mass is 10.1. The molecule has 0 saturated carbocycles. The summed E-state index contributed by atoms with van der Waals surface area (Å²) in [6.07, 6.45) is 0. The normalized spacial score (nSPS) is 19.8. The second kappa shape index (κ2) is 10.4. The number of benzene rings is 1. The summed E-state index contributed by atoms with van der Waals surface area (Å²) in [5.41, 5.74) is 1.06. The Kier molecular flexibility index (Phi) is 7.89. The number of hydrogen-bond acceptors (Lipinski definition) is 5. The molecule has 2 amide bonds. The van der Waals surface area contributed by atoms with Crippen LogP contribution in [0.5, 0.6) is 0 Å². The number of carbonyl (C=O) groups is 2. The van der Waals surface area contributed by atoms with E-state index in [2.05, 4.69) is 9.80 Å². The van der Waals surface area contributed by atoms with Gasteiger partial charge in [-0.05, 0) is 24.6 Å². The molecule has 0 aliphatic carbocycles. The molecule has 8 heteroatoms. The van der Waals surface area contributed by atoms with Crippen molar-refractivity contribution in [1.29, 1.82) is 0 Å². The van der Waals surface area contributed by atoms with E-state index in [4.69, 9.17) is 16.3 Å². The molecule has 1 unspecified atom stereocenters. The van der Waals surface area contributed by atoms with Gasteiger partial charge in [0.1, 0.15) is 0 Å². The van der Waals surface area contributed by atoms with E-state index in [1.54, 1.807) is 4.90 Å². The molecule has 2 fully saturated rings. The second-order valence-corrected chi connectivity index (χ2v) is 8.21. The van der Waals surface area contributed by atoms with Crippen LogP contribution in [0.2, 0.25) is 5.02 Å². The Morgan fingerprint density at radius 3 is 2.21 bits per heavy atom. The van der Waals surface area contributed by atoms with Crippen LogP contribution in [0.15, 0.2) is 24.3 Å². The summed E-state index contributed by atoms with van der Waals surface area (Å²) in [6.45, 7) is 8.69. The van der Waals surface area contributed by atoms with Crippen molar-refractivity contribution in [2.45, 2.75) is 13.0 Å². The van der Waals surface area contributed by atoms with Crippen LogP contribution in [0.3, 0.4) is 0 Å². The Balaban J connectivity index is 1.42. The number of morpholine rings is 1. The summed E-state index contributed by atoms with van der Waals surface area (Å²) in [5, 5.41) is 0.691. The molecule has 1 atom stereocenters. The third kappa shape index (κ3) is 6.15. The van der Waals surface area contributed by atoms with Gasteiger partial charge in [-0.2, -0.15) is 0 Å². The Bertz CT molecular complexity index is 686. The van der Waals surface area contributed by atoms with Crippen molar-refractivity contribution in [2.24, 2.45) is 0 Å². The van der Waals surface area contributed by atoms with E-state index in [0.717, 1.165) is 31.7 Å².